The van der Waals surface area contributed by atoms with Gasteiger partial charge in [-0.15, -0.1) is 0 Å². The molecule has 0 aromatic carbocycles. The summed E-state index contributed by atoms with van der Waals surface area (Å²) in [6, 6.07) is -0.0111. The lowest BCUT2D eigenvalue weighted by Crippen LogP contribution is -2.41. The van der Waals surface area contributed by atoms with E-state index in [4.69, 9.17) is 0 Å². The van der Waals surface area contributed by atoms with Gasteiger partial charge in [-0.1, -0.05) is 46.0 Å². The van der Waals surface area contributed by atoms with Crippen molar-refractivity contribution in [1.82, 2.24) is 15.5 Å². The van der Waals surface area contributed by atoms with Gasteiger partial charge in [0.05, 0.1) is 0 Å². The zero-order valence-corrected chi connectivity index (χ0v) is 12.7. The number of nitrogens with zero attached hydrogens (tertiary/aromatic N) is 1. The van der Waals surface area contributed by atoms with Gasteiger partial charge in [0.1, 0.15) is 0 Å². The first kappa shape index (κ1) is 16.3. The lowest BCUT2D eigenvalue weighted by atomic mass is 9.87. The van der Waals surface area contributed by atoms with Gasteiger partial charge in [-0.3, -0.25) is 0 Å². The summed E-state index contributed by atoms with van der Waals surface area (Å²) in [6.45, 7) is 8.87. The maximum atomic E-state index is 11.6. The summed E-state index contributed by atoms with van der Waals surface area (Å²) >= 11 is 0. The monoisotopic (exact) mass is 269 g/mol. The van der Waals surface area contributed by atoms with Crippen LogP contribution in [0.4, 0.5) is 4.79 Å². The van der Waals surface area contributed by atoms with E-state index in [0.717, 1.165) is 45.1 Å². The Morgan fingerprint density at radius 3 is 2.32 bits per heavy atom. The quantitative estimate of drug-likeness (QED) is 0.711. The Morgan fingerprint density at radius 1 is 1.05 bits per heavy atom. The van der Waals surface area contributed by atoms with Crippen LogP contribution in [0.5, 0.6) is 0 Å². The van der Waals surface area contributed by atoms with Crippen molar-refractivity contribution in [2.24, 2.45) is 5.92 Å². The van der Waals surface area contributed by atoms with Gasteiger partial charge in [-0.2, -0.15) is 0 Å². The maximum absolute atomic E-state index is 11.6. The zero-order chi connectivity index (χ0) is 13.9. The molecule has 1 aliphatic carbocycles. The fourth-order valence-corrected chi connectivity index (χ4v) is 2.80. The lowest BCUT2D eigenvalue weighted by molar-refractivity contribution is 0.235. The summed E-state index contributed by atoms with van der Waals surface area (Å²) < 4.78 is 0. The van der Waals surface area contributed by atoms with Crippen LogP contribution in [0.3, 0.4) is 0 Å². The highest BCUT2D eigenvalue weighted by Gasteiger charge is 2.13. The molecule has 0 bridgehead atoms. The van der Waals surface area contributed by atoms with Crippen molar-refractivity contribution < 1.29 is 4.79 Å². The topological polar surface area (TPSA) is 44.4 Å². The predicted molar refractivity (Wildman–Crippen MR) is 80.4 cm³/mol. The Bertz CT molecular complexity index is 236. The van der Waals surface area contributed by atoms with Crippen LogP contribution < -0.4 is 10.6 Å². The molecule has 2 amide bonds. The van der Waals surface area contributed by atoms with Crippen LogP contribution in [0, 0.1) is 5.92 Å². The summed E-state index contributed by atoms with van der Waals surface area (Å²) in [5.74, 6) is 0.838. The molecule has 0 aliphatic heterocycles. The summed E-state index contributed by atoms with van der Waals surface area (Å²) in [4.78, 5) is 13.9. The van der Waals surface area contributed by atoms with Gasteiger partial charge in [-0.05, 0) is 25.4 Å². The van der Waals surface area contributed by atoms with Crippen LogP contribution >= 0.6 is 0 Å². The zero-order valence-electron chi connectivity index (χ0n) is 12.7. The molecule has 1 fully saturated rings. The summed E-state index contributed by atoms with van der Waals surface area (Å²) in [5.41, 5.74) is 0. The maximum Gasteiger partial charge on any atom is 0.314 e. The number of likely N-dealkylation sites (N-methyl/N-ethyl adjacent to an activating group) is 1. The number of rotatable bonds is 8. The third-order valence-electron chi connectivity index (χ3n) is 4.17. The Balaban J connectivity index is 1.98. The Morgan fingerprint density at radius 2 is 1.68 bits per heavy atom. The fraction of sp³-hybridized carbons (Fsp3) is 0.933. The Hall–Kier alpha value is -0.770. The highest BCUT2D eigenvalue weighted by molar-refractivity contribution is 5.73. The van der Waals surface area contributed by atoms with Gasteiger partial charge in [0, 0.05) is 19.6 Å². The van der Waals surface area contributed by atoms with Gasteiger partial charge in [-0.25, -0.2) is 4.79 Å². The van der Waals surface area contributed by atoms with Crippen LogP contribution in [0.2, 0.25) is 0 Å². The minimum atomic E-state index is -0.0111. The molecule has 112 valence electrons. The van der Waals surface area contributed by atoms with Crippen molar-refractivity contribution in [3.63, 3.8) is 0 Å². The molecule has 2 N–H and O–H groups in total. The average Bonchev–Trinajstić information content (AvgIpc) is 2.45. The number of hydrogen-bond acceptors (Lipinski definition) is 2. The molecular weight excluding hydrogens is 238 g/mol. The van der Waals surface area contributed by atoms with Crippen molar-refractivity contribution in [3.05, 3.63) is 0 Å². The van der Waals surface area contributed by atoms with E-state index in [-0.39, 0.29) is 6.03 Å². The van der Waals surface area contributed by atoms with E-state index in [1.807, 2.05) is 0 Å². The largest absolute Gasteiger partial charge is 0.338 e. The van der Waals surface area contributed by atoms with Gasteiger partial charge < -0.3 is 15.5 Å². The Kier molecular flexibility index (Phi) is 8.63. The molecule has 0 heterocycles. The number of hydrogen-bond donors (Lipinski definition) is 2. The van der Waals surface area contributed by atoms with Gasteiger partial charge in [0.15, 0.2) is 0 Å². The predicted octanol–water partition coefficient (Wildman–Crippen LogP) is 2.60. The molecule has 1 aliphatic rings. The van der Waals surface area contributed by atoms with E-state index in [9.17, 15) is 4.79 Å². The highest BCUT2D eigenvalue weighted by Crippen LogP contribution is 2.25. The van der Waals surface area contributed by atoms with E-state index in [2.05, 4.69) is 29.4 Å². The van der Waals surface area contributed by atoms with Crippen LogP contribution in [0.15, 0.2) is 0 Å². The molecular formula is C15H31N3O. The van der Waals surface area contributed by atoms with Crippen molar-refractivity contribution in [2.45, 2.75) is 52.4 Å². The molecule has 4 heteroatoms. The number of carbonyl (C=O) groups is 1. The van der Waals surface area contributed by atoms with E-state index in [1.165, 1.54) is 32.1 Å². The van der Waals surface area contributed by atoms with E-state index in [0.29, 0.717) is 0 Å². The molecule has 0 atom stereocenters. The van der Waals surface area contributed by atoms with Crippen molar-refractivity contribution >= 4 is 6.03 Å². The standard InChI is InChI=1S/C15H31N3O/c1-3-18(4-2)13-12-17-15(19)16-11-10-14-8-6-5-7-9-14/h14H,3-13H2,1-2H3,(H2,16,17,19). The minimum Gasteiger partial charge on any atom is -0.338 e. The summed E-state index contributed by atoms with van der Waals surface area (Å²) in [7, 11) is 0. The fourth-order valence-electron chi connectivity index (χ4n) is 2.80. The normalized spacial score (nSPS) is 16.6. The molecule has 1 rings (SSSR count). The first-order chi connectivity index (χ1) is 9.26. The molecule has 19 heavy (non-hydrogen) atoms. The number of amides is 2. The molecule has 0 radical (unpaired) electrons. The molecule has 0 unspecified atom stereocenters. The smallest absolute Gasteiger partial charge is 0.314 e. The summed E-state index contributed by atoms with van der Waals surface area (Å²) in [6.07, 6.45) is 8.00. The summed E-state index contributed by atoms with van der Waals surface area (Å²) in [5, 5.41) is 5.90. The van der Waals surface area contributed by atoms with Gasteiger partial charge in [0.2, 0.25) is 0 Å². The van der Waals surface area contributed by atoms with Crippen LogP contribution in [0.25, 0.3) is 0 Å². The number of nitrogens with one attached hydrogen (secondary N) is 2. The average molecular weight is 269 g/mol. The highest BCUT2D eigenvalue weighted by atomic mass is 16.2. The second-order valence-electron chi connectivity index (χ2n) is 5.50. The molecule has 0 aromatic heterocycles. The molecule has 0 saturated heterocycles. The first-order valence-electron chi connectivity index (χ1n) is 8.00. The molecule has 1 saturated carbocycles. The third-order valence-corrected chi connectivity index (χ3v) is 4.17. The van der Waals surface area contributed by atoms with E-state index < -0.39 is 0 Å². The molecule has 0 aromatic rings. The minimum absolute atomic E-state index is 0.0111. The first-order valence-corrected chi connectivity index (χ1v) is 8.00. The van der Waals surface area contributed by atoms with Gasteiger partial charge >= 0.3 is 6.03 Å². The number of urea groups is 1. The van der Waals surface area contributed by atoms with E-state index >= 15 is 0 Å². The lowest BCUT2D eigenvalue weighted by Gasteiger charge is -2.21. The van der Waals surface area contributed by atoms with Gasteiger partial charge in [0.25, 0.3) is 0 Å². The third kappa shape index (κ3) is 7.41. The molecule has 4 nitrogen and oxygen atoms in total. The van der Waals surface area contributed by atoms with Crippen LogP contribution in [-0.4, -0.2) is 43.7 Å². The molecule has 0 spiro atoms. The Labute approximate surface area is 118 Å². The van der Waals surface area contributed by atoms with Crippen LogP contribution in [-0.2, 0) is 0 Å². The van der Waals surface area contributed by atoms with Crippen molar-refractivity contribution in [2.75, 3.05) is 32.7 Å². The second-order valence-corrected chi connectivity index (χ2v) is 5.50. The SMILES string of the molecule is CCN(CC)CCNC(=O)NCCC1CCCCC1. The van der Waals surface area contributed by atoms with Crippen molar-refractivity contribution in [1.29, 1.82) is 0 Å². The second kappa shape index (κ2) is 10.1. The van der Waals surface area contributed by atoms with Crippen LogP contribution in [0.1, 0.15) is 52.4 Å². The van der Waals surface area contributed by atoms with E-state index in [1.54, 1.807) is 0 Å². The number of carbonyl (C=O) groups excluding carboxylic acids is 1. The van der Waals surface area contributed by atoms with Crippen molar-refractivity contribution in [3.8, 4) is 0 Å².